The van der Waals surface area contributed by atoms with E-state index >= 15 is 0 Å². The van der Waals surface area contributed by atoms with Crippen molar-refractivity contribution in [3.05, 3.63) is 11.8 Å². The Morgan fingerprint density at radius 1 is 1.50 bits per heavy atom. The second kappa shape index (κ2) is 2.01. The maximum atomic E-state index is 5.77. The third-order valence-electron chi connectivity index (χ3n) is 2.55. The molecule has 1 atom stereocenters. The van der Waals surface area contributed by atoms with Crippen LogP contribution in [0.2, 0.25) is 0 Å². The lowest BCUT2D eigenvalue weighted by atomic mass is 9.87. The van der Waals surface area contributed by atoms with Crippen LogP contribution in [0.15, 0.2) is 11.8 Å². The Balaban J connectivity index is 2.21. The number of allylic oxidation sites excluding steroid dienone is 2. The molecule has 56 valence electrons. The molecule has 2 aliphatic heterocycles. The van der Waals surface area contributed by atoms with Crippen molar-refractivity contribution in [2.75, 3.05) is 0 Å². The van der Waals surface area contributed by atoms with E-state index in [0.717, 1.165) is 0 Å². The topological polar surface area (TPSA) is 9.23 Å². The van der Waals surface area contributed by atoms with Crippen LogP contribution in [0.1, 0.15) is 39.0 Å². The third kappa shape index (κ3) is 0.938. The normalized spacial score (nSPS) is 38.3. The Kier molecular flexibility index (Phi) is 1.26. The largest absolute Gasteiger partial charge is 0.492 e. The zero-order valence-corrected chi connectivity index (χ0v) is 6.52. The second-order valence-corrected chi connectivity index (χ2v) is 3.61. The van der Waals surface area contributed by atoms with Crippen LogP contribution >= 0.6 is 0 Å². The lowest BCUT2D eigenvalue weighted by Gasteiger charge is -2.39. The van der Waals surface area contributed by atoms with Crippen LogP contribution in [0.3, 0.4) is 0 Å². The molecular weight excluding hydrogens is 124 g/mol. The molecule has 1 fully saturated rings. The van der Waals surface area contributed by atoms with Gasteiger partial charge in [0.05, 0.1) is 5.76 Å². The van der Waals surface area contributed by atoms with Crippen LogP contribution in [-0.4, -0.2) is 5.60 Å². The molecule has 0 amide bonds. The smallest absolute Gasteiger partial charge is 0.106 e. The maximum Gasteiger partial charge on any atom is 0.106 e. The highest BCUT2D eigenvalue weighted by atomic mass is 16.5. The zero-order chi connectivity index (χ0) is 7.03. The molecule has 1 heteroatoms. The first-order valence-corrected chi connectivity index (χ1v) is 4.17. The van der Waals surface area contributed by atoms with Gasteiger partial charge in [0.2, 0.25) is 0 Å². The van der Waals surface area contributed by atoms with Gasteiger partial charge in [-0.1, -0.05) is 0 Å². The van der Waals surface area contributed by atoms with Crippen LogP contribution in [-0.2, 0) is 4.74 Å². The number of fused-ring (bicyclic) bond motifs is 2. The summed E-state index contributed by atoms with van der Waals surface area (Å²) in [4.78, 5) is 0. The van der Waals surface area contributed by atoms with E-state index in [4.69, 9.17) is 4.74 Å². The molecule has 0 aromatic heterocycles. The van der Waals surface area contributed by atoms with Crippen molar-refractivity contribution >= 4 is 0 Å². The standard InChI is InChI=1S/C9H14O/c1-9-6-2-4-8(10-9)5-3-7-9/h4H,2-3,5-7H2,1H3. The van der Waals surface area contributed by atoms with Crippen molar-refractivity contribution in [3.63, 3.8) is 0 Å². The number of hydrogen-bond donors (Lipinski definition) is 0. The van der Waals surface area contributed by atoms with E-state index in [0.29, 0.717) is 0 Å². The Morgan fingerprint density at radius 3 is 3.10 bits per heavy atom. The number of rotatable bonds is 0. The van der Waals surface area contributed by atoms with Gasteiger partial charge in [0.1, 0.15) is 5.60 Å². The summed E-state index contributed by atoms with van der Waals surface area (Å²) in [5.74, 6) is 1.25. The lowest BCUT2D eigenvalue weighted by Crippen LogP contribution is -2.33. The van der Waals surface area contributed by atoms with Gasteiger partial charge in [-0.2, -0.15) is 0 Å². The fourth-order valence-electron chi connectivity index (χ4n) is 1.91. The molecule has 0 aliphatic carbocycles. The molecule has 0 saturated carbocycles. The molecule has 2 rings (SSSR count). The summed E-state index contributed by atoms with van der Waals surface area (Å²) in [6, 6.07) is 0. The van der Waals surface area contributed by atoms with Crippen molar-refractivity contribution in [2.24, 2.45) is 0 Å². The van der Waals surface area contributed by atoms with Crippen molar-refractivity contribution in [1.82, 2.24) is 0 Å². The molecule has 0 radical (unpaired) electrons. The van der Waals surface area contributed by atoms with Crippen LogP contribution in [0.5, 0.6) is 0 Å². The Bertz CT molecular complexity index is 172. The van der Waals surface area contributed by atoms with Gasteiger partial charge < -0.3 is 4.74 Å². The molecule has 2 bridgehead atoms. The molecule has 1 saturated heterocycles. The molecular formula is C9H14O. The van der Waals surface area contributed by atoms with Gasteiger partial charge in [-0.25, -0.2) is 0 Å². The monoisotopic (exact) mass is 138 g/mol. The summed E-state index contributed by atoms with van der Waals surface area (Å²) in [5, 5.41) is 0. The summed E-state index contributed by atoms with van der Waals surface area (Å²) >= 11 is 0. The van der Waals surface area contributed by atoms with E-state index in [1.54, 1.807) is 0 Å². The molecule has 1 unspecified atom stereocenters. The molecule has 10 heavy (non-hydrogen) atoms. The predicted molar refractivity (Wildman–Crippen MR) is 40.7 cm³/mol. The molecule has 1 nitrogen and oxygen atoms in total. The predicted octanol–water partition coefficient (Wildman–Crippen LogP) is 2.62. The van der Waals surface area contributed by atoms with E-state index in [9.17, 15) is 0 Å². The molecule has 0 aromatic rings. The number of hydrogen-bond acceptors (Lipinski definition) is 1. The Morgan fingerprint density at radius 2 is 2.40 bits per heavy atom. The van der Waals surface area contributed by atoms with Gasteiger partial charge in [0.15, 0.2) is 0 Å². The van der Waals surface area contributed by atoms with Crippen molar-refractivity contribution < 1.29 is 4.74 Å². The van der Waals surface area contributed by atoms with Crippen molar-refractivity contribution in [1.29, 1.82) is 0 Å². The average Bonchev–Trinajstić information content (AvgIpc) is 1.86. The highest BCUT2D eigenvalue weighted by molar-refractivity contribution is 5.04. The Labute approximate surface area is 62.1 Å². The summed E-state index contributed by atoms with van der Waals surface area (Å²) < 4.78 is 5.77. The summed E-state index contributed by atoms with van der Waals surface area (Å²) in [6.07, 6.45) is 8.45. The average molecular weight is 138 g/mol. The molecule has 0 aromatic carbocycles. The minimum atomic E-state index is 0.211. The fraction of sp³-hybridized carbons (Fsp3) is 0.778. The van der Waals surface area contributed by atoms with E-state index in [2.05, 4.69) is 13.0 Å². The minimum absolute atomic E-state index is 0.211. The number of ether oxygens (including phenoxy) is 1. The summed E-state index contributed by atoms with van der Waals surface area (Å²) in [6.45, 7) is 2.24. The Hall–Kier alpha value is -0.460. The quantitative estimate of drug-likeness (QED) is 0.500. The summed E-state index contributed by atoms with van der Waals surface area (Å²) in [5.41, 5.74) is 0.211. The van der Waals surface area contributed by atoms with E-state index in [1.165, 1.54) is 37.9 Å². The van der Waals surface area contributed by atoms with Gasteiger partial charge in [0.25, 0.3) is 0 Å². The van der Waals surface area contributed by atoms with Crippen LogP contribution in [0.4, 0.5) is 0 Å². The van der Waals surface area contributed by atoms with E-state index in [1.807, 2.05) is 0 Å². The van der Waals surface area contributed by atoms with Gasteiger partial charge in [0, 0.05) is 6.42 Å². The minimum Gasteiger partial charge on any atom is -0.492 e. The van der Waals surface area contributed by atoms with E-state index in [-0.39, 0.29) is 5.60 Å². The first kappa shape index (κ1) is 6.26. The van der Waals surface area contributed by atoms with E-state index < -0.39 is 0 Å². The van der Waals surface area contributed by atoms with Gasteiger partial charge >= 0.3 is 0 Å². The lowest BCUT2D eigenvalue weighted by molar-refractivity contribution is -0.0342. The van der Waals surface area contributed by atoms with Crippen LogP contribution in [0.25, 0.3) is 0 Å². The van der Waals surface area contributed by atoms with Crippen LogP contribution in [0, 0.1) is 0 Å². The second-order valence-electron chi connectivity index (χ2n) is 3.61. The van der Waals surface area contributed by atoms with Gasteiger partial charge in [-0.3, -0.25) is 0 Å². The van der Waals surface area contributed by atoms with Crippen molar-refractivity contribution in [3.8, 4) is 0 Å². The van der Waals surface area contributed by atoms with Gasteiger partial charge in [-0.15, -0.1) is 0 Å². The SMILES string of the molecule is CC12CCC=C(CCC1)O2. The first-order chi connectivity index (χ1) is 4.79. The maximum absolute atomic E-state index is 5.77. The third-order valence-corrected chi connectivity index (χ3v) is 2.55. The first-order valence-electron chi connectivity index (χ1n) is 4.17. The highest BCUT2D eigenvalue weighted by Gasteiger charge is 2.32. The highest BCUT2D eigenvalue weighted by Crippen LogP contribution is 2.37. The van der Waals surface area contributed by atoms with Crippen molar-refractivity contribution in [2.45, 2.75) is 44.6 Å². The molecule has 2 aliphatic rings. The molecule has 2 heterocycles. The summed E-state index contributed by atoms with van der Waals surface area (Å²) in [7, 11) is 0. The molecule has 0 N–H and O–H groups in total. The molecule has 0 spiro atoms. The van der Waals surface area contributed by atoms with Gasteiger partial charge in [-0.05, 0) is 38.7 Å². The fourth-order valence-corrected chi connectivity index (χ4v) is 1.91. The van der Waals surface area contributed by atoms with Crippen LogP contribution < -0.4 is 0 Å². The zero-order valence-electron chi connectivity index (χ0n) is 6.52.